The summed E-state index contributed by atoms with van der Waals surface area (Å²) < 4.78 is 0. The van der Waals surface area contributed by atoms with Crippen molar-refractivity contribution >= 4 is 5.82 Å². The minimum absolute atomic E-state index is 0.528. The summed E-state index contributed by atoms with van der Waals surface area (Å²) in [4.78, 5) is 8.34. The van der Waals surface area contributed by atoms with Gasteiger partial charge in [0.2, 0.25) is 0 Å². The number of nitrogens with one attached hydrogen (secondary N) is 2. The Morgan fingerprint density at radius 1 is 1.21 bits per heavy atom. The molecule has 4 heteroatoms. The van der Waals surface area contributed by atoms with Crippen LogP contribution in [0, 0.1) is 6.92 Å². The molecule has 0 aliphatic carbocycles. The Bertz CT molecular complexity index is 273. The van der Waals surface area contributed by atoms with Gasteiger partial charge >= 0.3 is 0 Å². The average Bonchev–Trinajstić information content (AvgIpc) is 2.15. The Kier molecular flexibility index (Phi) is 4.32. The third-order valence-electron chi connectivity index (χ3n) is 1.85. The molecule has 1 rings (SSSR count). The Morgan fingerprint density at radius 2 is 1.93 bits per heavy atom. The molecular weight excluding hydrogens is 176 g/mol. The molecule has 0 spiro atoms. The van der Waals surface area contributed by atoms with Crippen LogP contribution < -0.4 is 10.6 Å². The fourth-order valence-electron chi connectivity index (χ4n) is 1.12. The van der Waals surface area contributed by atoms with Crippen molar-refractivity contribution in [1.29, 1.82) is 0 Å². The number of rotatable bonds is 5. The highest BCUT2D eigenvalue weighted by Crippen LogP contribution is 2.04. The van der Waals surface area contributed by atoms with Crippen molar-refractivity contribution in [2.24, 2.45) is 0 Å². The van der Waals surface area contributed by atoms with E-state index in [0.717, 1.165) is 24.6 Å². The van der Waals surface area contributed by atoms with E-state index < -0.39 is 0 Å². The highest BCUT2D eigenvalue weighted by molar-refractivity contribution is 5.37. The van der Waals surface area contributed by atoms with E-state index in [0.29, 0.717) is 6.04 Å². The summed E-state index contributed by atoms with van der Waals surface area (Å²) in [5, 5.41) is 6.56. The third-order valence-corrected chi connectivity index (χ3v) is 1.85. The molecule has 0 fully saturated rings. The molecule has 1 aromatic heterocycles. The molecule has 14 heavy (non-hydrogen) atoms. The number of hydrogen-bond donors (Lipinski definition) is 2. The molecule has 1 aromatic rings. The van der Waals surface area contributed by atoms with Gasteiger partial charge in [0.25, 0.3) is 0 Å². The number of nitrogens with zero attached hydrogens (tertiary/aromatic N) is 2. The second-order valence-electron chi connectivity index (χ2n) is 3.53. The maximum Gasteiger partial charge on any atom is 0.147 e. The highest BCUT2D eigenvalue weighted by Gasteiger charge is 1.97. The molecular formula is C10H18N4. The van der Waals surface area contributed by atoms with Crippen molar-refractivity contribution in [3.05, 3.63) is 18.1 Å². The summed E-state index contributed by atoms with van der Waals surface area (Å²) in [6, 6.07) is 0.528. The molecule has 0 aliphatic heterocycles. The SMILES string of the molecule is Cc1nccnc1NCCNC(C)C. The molecule has 0 radical (unpaired) electrons. The van der Waals surface area contributed by atoms with E-state index in [4.69, 9.17) is 0 Å². The Morgan fingerprint density at radius 3 is 2.57 bits per heavy atom. The summed E-state index contributed by atoms with van der Waals surface area (Å²) in [6.45, 7) is 8.03. The van der Waals surface area contributed by atoms with Gasteiger partial charge in [0, 0.05) is 31.5 Å². The number of hydrogen-bond acceptors (Lipinski definition) is 4. The molecule has 0 aliphatic rings. The predicted octanol–water partition coefficient (Wildman–Crippen LogP) is 1.19. The second-order valence-corrected chi connectivity index (χ2v) is 3.53. The lowest BCUT2D eigenvalue weighted by molar-refractivity contribution is 0.602. The Balaban J connectivity index is 2.28. The van der Waals surface area contributed by atoms with Crippen LogP contribution >= 0.6 is 0 Å². The van der Waals surface area contributed by atoms with E-state index in [1.54, 1.807) is 12.4 Å². The molecule has 0 atom stereocenters. The van der Waals surface area contributed by atoms with Gasteiger partial charge < -0.3 is 10.6 Å². The lowest BCUT2D eigenvalue weighted by Crippen LogP contribution is -2.28. The first-order valence-corrected chi connectivity index (χ1v) is 4.95. The lowest BCUT2D eigenvalue weighted by Gasteiger charge is -2.10. The molecule has 4 nitrogen and oxygen atoms in total. The van der Waals surface area contributed by atoms with Crippen LogP contribution in [0.2, 0.25) is 0 Å². The van der Waals surface area contributed by atoms with E-state index in [-0.39, 0.29) is 0 Å². The third kappa shape index (κ3) is 3.70. The molecule has 0 bridgehead atoms. The minimum Gasteiger partial charge on any atom is -0.367 e. The topological polar surface area (TPSA) is 49.8 Å². The summed E-state index contributed by atoms with van der Waals surface area (Å²) in [5.41, 5.74) is 0.942. The molecule has 1 heterocycles. The van der Waals surface area contributed by atoms with Crippen molar-refractivity contribution in [1.82, 2.24) is 15.3 Å². The van der Waals surface area contributed by atoms with Gasteiger partial charge in [-0.25, -0.2) is 4.98 Å². The molecule has 0 saturated carbocycles. The second kappa shape index (κ2) is 5.54. The predicted molar refractivity (Wildman–Crippen MR) is 58.4 cm³/mol. The first kappa shape index (κ1) is 10.9. The maximum atomic E-state index is 4.19. The average molecular weight is 194 g/mol. The van der Waals surface area contributed by atoms with Crippen LogP contribution in [0.3, 0.4) is 0 Å². The van der Waals surface area contributed by atoms with Gasteiger partial charge in [-0.1, -0.05) is 13.8 Å². The van der Waals surface area contributed by atoms with Gasteiger partial charge in [-0.3, -0.25) is 4.98 Å². The summed E-state index contributed by atoms with van der Waals surface area (Å²) >= 11 is 0. The fourth-order valence-corrected chi connectivity index (χ4v) is 1.12. The van der Waals surface area contributed by atoms with Gasteiger partial charge in [-0.05, 0) is 6.92 Å². The van der Waals surface area contributed by atoms with E-state index in [9.17, 15) is 0 Å². The lowest BCUT2D eigenvalue weighted by atomic mass is 10.4. The number of anilines is 1. The number of aryl methyl sites for hydroxylation is 1. The van der Waals surface area contributed by atoms with E-state index in [1.165, 1.54) is 0 Å². The Labute approximate surface area is 85.2 Å². The molecule has 0 saturated heterocycles. The Hall–Kier alpha value is -1.16. The molecule has 2 N–H and O–H groups in total. The van der Waals surface area contributed by atoms with Crippen LogP contribution in [-0.4, -0.2) is 29.1 Å². The molecule has 0 unspecified atom stereocenters. The summed E-state index contributed by atoms with van der Waals surface area (Å²) in [7, 11) is 0. The monoisotopic (exact) mass is 194 g/mol. The normalized spacial score (nSPS) is 10.6. The summed E-state index contributed by atoms with van der Waals surface area (Å²) in [5.74, 6) is 0.873. The van der Waals surface area contributed by atoms with Gasteiger partial charge in [-0.15, -0.1) is 0 Å². The van der Waals surface area contributed by atoms with Crippen molar-refractivity contribution in [2.45, 2.75) is 26.8 Å². The molecule has 78 valence electrons. The fraction of sp³-hybridized carbons (Fsp3) is 0.600. The van der Waals surface area contributed by atoms with Crippen molar-refractivity contribution in [2.75, 3.05) is 18.4 Å². The van der Waals surface area contributed by atoms with E-state index in [2.05, 4.69) is 34.4 Å². The molecule has 0 aromatic carbocycles. The van der Waals surface area contributed by atoms with Gasteiger partial charge in [0.1, 0.15) is 5.82 Å². The van der Waals surface area contributed by atoms with Crippen LogP contribution in [0.1, 0.15) is 19.5 Å². The van der Waals surface area contributed by atoms with Gasteiger partial charge in [0.05, 0.1) is 5.69 Å². The van der Waals surface area contributed by atoms with Crippen molar-refractivity contribution < 1.29 is 0 Å². The van der Waals surface area contributed by atoms with Crippen molar-refractivity contribution in [3.63, 3.8) is 0 Å². The van der Waals surface area contributed by atoms with Crippen LogP contribution in [0.5, 0.6) is 0 Å². The van der Waals surface area contributed by atoms with Gasteiger partial charge in [0.15, 0.2) is 0 Å². The zero-order valence-electron chi connectivity index (χ0n) is 9.04. The van der Waals surface area contributed by atoms with Crippen LogP contribution in [0.4, 0.5) is 5.82 Å². The van der Waals surface area contributed by atoms with Crippen molar-refractivity contribution in [3.8, 4) is 0 Å². The van der Waals surface area contributed by atoms with Crippen LogP contribution in [-0.2, 0) is 0 Å². The maximum absolute atomic E-state index is 4.19. The quantitative estimate of drug-likeness (QED) is 0.691. The first-order chi connectivity index (χ1) is 6.70. The van der Waals surface area contributed by atoms with E-state index >= 15 is 0 Å². The van der Waals surface area contributed by atoms with Gasteiger partial charge in [-0.2, -0.15) is 0 Å². The largest absolute Gasteiger partial charge is 0.367 e. The zero-order valence-corrected chi connectivity index (χ0v) is 9.04. The summed E-state index contributed by atoms with van der Waals surface area (Å²) in [6.07, 6.45) is 3.40. The standard InChI is InChI=1S/C10H18N4/c1-8(2)11-4-6-13-10-9(3)12-5-7-14-10/h5,7-8,11H,4,6H2,1-3H3,(H,13,14). The zero-order chi connectivity index (χ0) is 10.4. The molecule has 0 amide bonds. The highest BCUT2D eigenvalue weighted by atomic mass is 15.0. The first-order valence-electron chi connectivity index (χ1n) is 4.95. The van der Waals surface area contributed by atoms with E-state index in [1.807, 2.05) is 6.92 Å². The number of aromatic nitrogens is 2. The van der Waals surface area contributed by atoms with Crippen LogP contribution in [0.15, 0.2) is 12.4 Å². The minimum atomic E-state index is 0.528. The smallest absolute Gasteiger partial charge is 0.147 e. The van der Waals surface area contributed by atoms with Crippen LogP contribution in [0.25, 0.3) is 0 Å².